The zero-order valence-electron chi connectivity index (χ0n) is 8.34. The highest BCUT2D eigenvalue weighted by molar-refractivity contribution is 5.06. The van der Waals surface area contributed by atoms with E-state index in [0.29, 0.717) is 0 Å². The molecular formula is C13H19. The van der Waals surface area contributed by atoms with Crippen molar-refractivity contribution in [3.63, 3.8) is 0 Å². The molecule has 0 aromatic heterocycles. The van der Waals surface area contributed by atoms with E-state index in [1.165, 1.54) is 44.9 Å². The minimum absolute atomic E-state index is 0.964. The lowest BCUT2D eigenvalue weighted by molar-refractivity contribution is 0.436. The second kappa shape index (κ2) is 4.64. The lowest BCUT2D eigenvalue weighted by Gasteiger charge is -2.24. The molecule has 0 aliphatic heterocycles. The minimum Gasteiger partial charge on any atom is -0.0885 e. The summed E-state index contributed by atoms with van der Waals surface area (Å²) in [6.07, 6.45) is 18.7. The Morgan fingerprint density at radius 2 is 2.00 bits per heavy atom. The first-order valence-electron chi connectivity index (χ1n) is 5.59. The molecule has 0 heterocycles. The van der Waals surface area contributed by atoms with Crippen molar-refractivity contribution in [2.75, 3.05) is 0 Å². The van der Waals surface area contributed by atoms with Crippen LogP contribution in [-0.4, -0.2) is 0 Å². The van der Waals surface area contributed by atoms with Crippen LogP contribution >= 0.6 is 0 Å². The number of hydrogen-bond donors (Lipinski definition) is 0. The zero-order valence-corrected chi connectivity index (χ0v) is 8.34. The maximum atomic E-state index is 2.37. The van der Waals surface area contributed by atoms with Gasteiger partial charge in [-0.25, -0.2) is 0 Å². The summed E-state index contributed by atoms with van der Waals surface area (Å²) in [5.74, 6) is 2.76. The molecule has 0 aromatic carbocycles. The molecule has 2 rings (SSSR count). The standard InChI is InChI=1S/C13H19/c1-3-7-12(8-4-1)11-13-9-5-2-6-10-13/h1-3,5,12H,4,6-11H2. The van der Waals surface area contributed by atoms with E-state index in [-0.39, 0.29) is 0 Å². The van der Waals surface area contributed by atoms with E-state index in [0.717, 1.165) is 5.92 Å². The first-order chi connectivity index (χ1) is 6.45. The van der Waals surface area contributed by atoms with Crippen LogP contribution in [0.15, 0.2) is 24.3 Å². The minimum atomic E-state index is 0.964. The van der Waals surface area contributed by atoms with Crippen molar-refractivity contribution in [3.05, 3.63) is 30.2 Å². The van der Waals surface area contributed by atoms with E-state index in [1.807, 2.05) is 0 Å². The summed E-state index contributed by atoms with van der Waals surface area (Å²) in [5.41, 5.74) is 0. The summed E-state index contributed by atoms with van der Waals surface area (Å²) in [7, 11) is 0. The average Bonchev–Trinajstić information content (AvgIpc) is 2.21. The van der Waals surface area contributed by atoms with Gasteiger partial charge in [-0.15, -0.1) is 0 Å². The first-order valence-corrected chi connectivity index (χ1v) is 5.59. The van der Waals surface area contributed by atoms with Crippen LogP contribution in [0.4, 0.5) is 0 Å². The second-order valence-electron chi connectivity index (χ2n) is 4.32. The van der Waals surface area contributed by atoms with Gasteiger partial charge in [0, 0.05) is 0 Å². The molecule has 71 valence electrons. The maximum Gasteiger partial charge on any atom is -0.0198 e. The molecule has 0 saturated carbocycles. The van der Waals surface area contributed by atoms with Gasteiger partial charge in [-0.1, -0.05) is 24.3 Å². The van der Waals surface area contributed by atoms with E-state index in [2.05, 4.69) is 24.3 Å². The Bertz CT molecular complexity index is 178. The smallest absolute Gasteiger partial charge is 0.0198 e. The van der Waals surface area contributed by atoms with Gasteiger partial charge < -0.3 is 0 Å². The van der Waals surface area contributed by atoms with E-state index in [9.17, 15) is 0 Å². The van der Waals surface area contributed by atoms with Crippen molar-refractivity contribution < 1.29 is 0 Å². The molecule has 2 aliphatic carbocycles. The van der Waals surface area contributed by atoms with Gasteiger partial charge >= 0.3 is 0 Å². The fraction of sp³-hybridized carbons (Fsp3) is 0.615. The largest absolute Gasteiger partial charge is 0.0885 e. The van der Waals surface area contributed by atoms with Gasteiger partial charge in [-0.2, -0.15) is 0 Å². The second-order valence-corrected chi connectivity index (χ2v) is 4.32. The highest BCUT2D eigenvalue weighted by Crippen LogP contribution is 2.32. The monoisotopic (exact) mass is 175 g/mol. The van der Waals surface area contributed by atoms with Gasteiger partial charge in [-0.05, 0) is 56.8 Å². The SMILES string of the molecule is C1=CC[C](CC2CC=CCC2)CC1. The Labute approximate surface area is 81.7 Å². The van der Waals surface area contributed by atoms with Crippen molar-refractivity contribution in [1.29, 1.82) is 0 Å². The van der Waals surface area contributed by atoms with Gasteiger partial charge in [0.05, 0.1) is 0 Å². The van der Waals surface area contributed by atoms with Gasteiger partial charge in [0.1, 0.15) is 0 Å². The molecule has 1 radical (unpaired) electrons. The van der Waals surface area contributed by atoms with Crippen LogP contribution in [-0.2, 0) is 0 Å². The molecule has 1 atom stereocenters. The molecule has 2 aliphatic rings. The Morgan fingerprint density at radius 1 is 1.08 bits per heavy atom. The van der Waals surface area contributed by atoms with Crippen LogP contribution < -0.4 is 0 Å². The van der Waals surface area contributed by atoms with Crippen molar-refractivity contribution in [2.24, 2.45) is 5.92 Å². The normalized spacial score (nSPS) is 29.4. The quantitative estimate of drug-likeness (QED) is 0.555. The third-order valence-electron chi connectivity index (χ3n) is 3.19. The Kier molecular flexibility index (Phi) is 3.23. The number of rotatable bonds is 2. The van der Waals surface area contributed by atoms with Crippen LogP contribution in [0.1, 0.15) is 44.9 Å². The molecule has 0 saturated heterocycles. The van der Waals surface area contributed by atoms with E-state index < -0.39 is 0 Å². The van der Waals surface area contributed by atoms with Crippen molar-refractivity contribution in [1.82, 2.24) is 0 Å². The van der Waals surface area contributed by atoms with Crippen LogP contribution in [0.3, 0.4) is 0 Å². The molecule has 0 nitrogen and oxygen atoms in total. The summed E-state index contributed by atoms with van der Waals surface area (Å²) >= 11 is 0. The molecule has 0 fully saturated rings. The number of allylic oxidation sites excluding steroid dienone is 4. The number of hydrogen-bond acceptors (Lipinski definition) is 0. The summed E-state index contributed by atoms with van der Waals surface area (Å²) in [5, 5.41) is 0. The van der Waals surface area contributed by atoms with Gasteiger partial charge in [0.2, 0.25) is 0 Å². The molecule has 13 heavy (non-hydrogen) atoms. The molecular weight excluding hydrogens is 156 g/mol. The highest BCUT2D eigenvalue weighted by atomic mass is 14.2. The third kappa shape index (κ3) is 2.72. The van der Waals surface area contributed by atoms with Crippen molar-refractivity contribution in [2.45, 2.75) is 44.9 Å². The van der Waals surface area contributed by atoms with E-state index >= 15 is 0 Å². The zero-order chi connectivity index (χ0) is 8.93. The molecule has 1 unspecified atom stereocenters. The summed E-state index contributed by atoms with van der Waals surface area (Å²) in [4.78, 5) is 0. The molecule has 0 bridgehead atoms. The molecule has 0 N–H and O–H groups in total. The molecule has 0 amide bonds. The topological polar surface area (TPSA) is 0 Å². The van der Waals surface area contributed by atoms with Crippen LogP contribution in [0.5, 0.6) is 0 Å². The first kappa shape index (κ1) is 9.05. The lowest BCUT2D eigenvalue weighted by Crippen LogP contribution is -2.09. The van der Waals surface area contributed by atoms with Crippen molar-refractivity contribution >= 4 is 0 Å². The Hall–Kier alpha value is -0.520. The van der Waals surface area contributed by atoms with Crippen LogP contribution in [0.25, 0.3) is 0 Å². The van der Waals surface area contributed by atoms with Gasteiger partial charge in [-0.3, -0.25) is 0 Å². The molecule has 0 heteroatoms. The van der Waals surface area contributed by atoms with Crippen LogP contribution in [0.2, 0.25) is 0 Å². The van der Waals surface area contributed by atoms with Crippen LogP contribution in [0, 0.1) is 11.8 Å². The van der Waals surface area contributed by atoms with Crippen molar-refractivity contribution in [3.8, 4) is 0 Å². The van der Waals surface area contributed by atoms with Gasteiger partial charge in [0.15, 0.2) is 0 Å². The maximum absolute atomic E-state index is 2.37. The summed E-state index contributed by atoms with van der Waals surface area (Å²) in [6.45, 7) is 0. The summed E-state index contributed by atoms with van der Waals surface area (Å²) in [6, 6.07) is 0. The van der Waals surface area contributed by atoms with E-state index in [1.54, 1.807) is 5.92 Å². The predicted molar refractivity (Wildman–Crippen MR) is 57.3 cm³/mol. The molecule has 0 aromatic rings. The lowest BCUT2D eigenvalue weighted by atomic mass is 9.81. The summed E-state index contributed by atoms with van der Waals surface area (Å²) < 4.78 is 0. The third-order valence-corrected chi connectivity index (χ3v) is 3.19. The van der Waals surface area contributed by atoms with Gasteiger partial charge in [0.25, 0.3) is 0 Å². The Morgan fingerprint density at radius 3 is 2.69 bits per heavy atom. The van der Waals surface area contributed by atoms with E-state index in [4.69, 9.17) is 0 Å². The highest BCUT2D eigenvalue weighted by Gasteiger charge is 2.17. The fourth-order valence-electron chi connectivity index (χ4n) is 2.39. The predicted octanol–water partition coefficient (Wildman–Crippen LogP) is 4.05. The molecule has 0 spiro atoms. The average molecular weight is 175 g/mol. The Balaban J connectivity index is 1.76. The fourth-order valence-corrected chi connectivity index (χ4v) is 2.39.